The number of amides is 5. The molecular formula is C24H42N6O9. The number of hydrogen-bond acceptors (Lipinski definition) is 8. The molecule has 0 unspecified atom stereocenters. The third-order valence-electron chi connectivity index (χ3n) is 5.76. The van der Waals surface area contributed by atoms with Crippen LogP contribution in [-0.4, -0.2) is 88.9 Å². The van der Waals surface area contributed by atoms with Crippen LogP contribution in [0.2, 0.25) is 0 Å². The standard InChI is InChI=1S/C24H42N6O9/c1-6-13(4)20(30-22(36)15(25)9-12(2)3)23(37)28-14(5)21(35)27-10-17(31)26-11-18(32)29-16(24(38)39)7-8-19(33)34/h12-16,20H,6-11,25H2,1-5H3,(H,26,31)(H,27,35)(H,28,37)(H,29,32)(H,30,36)(H,33,34)(H,38,39)/t13-,14-,15-,16-,20-/m0/s1. The highest BCUT2D eigenvalue weighted by Gasteiger charge is 2.30. The van der Waals surface area contributed by atoms with Crippen LogP contribution in [0.3, 0.4) is 0 Å². The number of hydrogen-bond donors (Lipinski definition) is 8. The molecule has 0 bridgehead atoms. The number of aliphatic carboxylic acids is 2. The lowest BCUT2D eigenvalue weighted by Crippen LogP contribution is -2.57. The van der Waals surface area contributed by atoms with Crippen molar-refractivity contribution >= 4 is 41.5 Å². The molecule has 0 saturated carbocycles. The van der Waals surface area contributed by atoms with E-state index in [1.54, 1.807) is 6.92 Å². The van der Waals surface area contributed by atoms with Gasteiger partial charge in [-0.05, 0) is 31.6 Å². The highest BCUT2D eigenvalue weighted by molar-refractivity contribution is 5.94. The second kappa shape index (κ2) is 17.7. The fourth-order valence-corrected chi connectivity index (χ4v) is 3.28. The molecule has 39 heavy (non-hydrogen) atoms. The predicted octanol–water partition coefficient (Wildman–Crippen LogP) is -1.94. The predicted molar refractivity (Wildman–Crippen MR) is 139 cm³/mol. The number of carboxylic acids is 2. The first-order valence-electron chi connectivity index (χ1n) is 12.7. The summed E-state index contributed by atoms with van der Waals surface area (Å²) in [5, 5.41) is 29.4. The first kappa shape index (κ1) is 35.2. The first-order valence-corrected chi connectivity index (χ1v) is 12.7. The van der Waals surface area contributed by atoms with E-state index in [0.717, 1.165) is 0 Å². The summed E-state index contributed by atoms with van der Waals surface area (Å²) in [6, 6.07) is -4.22. The average Bonchev–Trinajstić information content (AvgIpc) is 2.85. The van der Waals surface area contributed by atoms with Crippen LogP contribution in [-0.2, 0) is 33.6 Å². The molecule has 5 amide bonds. The summed E-state index contributed by atoms with van der Waals surface area (Å²) in [4.78, 5) is 83.2. The highest BCUT2D eigenvalue weighted by atomic mass is 16.4. The van der Waals surface area contributed by atoms with Gasteiger partial charge < -0.3 is 42.5 Å². The van der Waals surface area contributed by atoms with Gasteiger partial charge in [0.15, 0.2) is 0 Å². The van der Waals surface area contributed by atoms with E-state index in [-0.39, 0.29) is 18.3 Å². The summed E-state index contributed by atoms with van der Waals surface area (Å²) < 4.78 is 0. The Bertz CT molecular complexity index is 895. The minimum atomic E-state index is -1.44. The van der Waals surface area contributed by atoms with E-state index in [2.05, 4.69) is 26.6 Å². The van der Waals surface area contributed by atoms with Gasteiger partial charge in [-0.2, -0.15) is 0 Å². The molecule has 0 radical (unpaired) electrons. The van der Waals surface area contributed by atoms with Crippen LogP contribution in [0.1, 0.15) is 60.3 Å². The average molecular weight is 559 g/mol. The fraction of sp³-hybridized carbons (Fsp3) is 0.708. The molecule has 0 aliphatic carbocycles. The second-order valence-electron chi connectivity index (χ2n) is 9.72. The highest BCUT2D eigenvalue weighted by Crippen LogP contribution is 2.10. The van der Waals surface area contributed by atoms with Gasteiger partial charge in [-0.25, -0.2) is 4.79 Å². The normalized spacial score (nSPS) is 14.6. The Morgan fingerprint density at radius 1 is 0.769 bits per heavy atom. The summed E-state index contributed by atoms with van der Waals surface area (Å²) in [5.74, 6) is -6.11. The number of rotatable bonds is 18. The van der Waals surface area contributed by atoms with E-state index in [1.165, 1.54) is 6.92 Å². The molecule has 0 aromatic heterocycles. The van der Waals surface area contributed by atoms with Crippen molar-refractivity contribution in [2.45, 2.75) is 84.5 Å². The topological polar surface area (TPSA) is 246 Å². The summed E-state index contributed by atoms with van der Waals surface area (Å²) in [6.07, 6.45) is 0.198. The number of carbonyl (C=O) groups is 7. The molecule has 0 fully saturated rings. The molecule has 222 valence electrons. The Hall–Kier alpha value is -3.75. The Kier molecular flexibility index (Phi) is 16.0. The van der Waals surface area contributed by atoms with Crippen LogP contribution in [0, 0.1) is 11.8 Å². The molecule has 0 aromatic carbocycles. The smallest absolute Gasteiger partial charge is 0.326 e. The molecule has 0 aliphatic heterocycles. The molecular weight excluding hydrogens is 516 g/mol. The SMILES string of the molecule is CC[C@H](C)[C@H](NC(=O)[C@@H](N)CC(C)C)C(=O)N[C@@H](C)C(=O)NCC(=O)NCC(=O)N[C@@H](CCC(=O)O)C(=O)O. The van der Waals surface area contributed by atoms with Crippen molar-refractivity contribution in [2.24, 2.45) is 17.6 Å². The maximum absolute atomic E-state index is 12.8. The quantitative estimate of drug-likeness (QED) is 0.0924. The van der Waals surface area contributed by atoms with Crippen molar-refractivity contribution in [3.8, 4) is 0 Å². The zero-order chi connectivity index (χ0) is 30.3. The zero-order valence-electron chi connectivity index (χ0n) is 23.0. The van der Waals surface area contributed by atoms with Crippen molar-refractivity contribution in [1.29, 1.82) is 0 Å². The van der Waals surface area contributed by atoms with Gasteiger partial charge in [-0.1, -0.05) is 34.1 Å². The third-order valence-corrected chi connectivity index (χ3v) is 5.76. The zero-order valence-corrected chi connectivity index (χ0v) is 23.0. The van der Waals surface area contributed by atoms with Crippen molar-refractivity contribution < 1.29 is 43.8 Å². The summed E-state index contributed by atoms with van der Waals surface area (Å²) in [5.41, 5.74) is 5.91. The number of carboxylic acid groups (broad SMARTS) is 2. The maximum Gasteiger partial charge on any atom is 0.326 e. The van der Waals surface area contributed by atoms with Crippen molar-refractivity contribution in [2.75, 3.05) is 13.1 Å². The van der Waals surface area contributed by atoms with Gasteiger partial charge in [0.25, 0.3) is 0 Å². The van der Waals surface area contributed by atoms with Gasteiger partial charge in [0.05, 0.1) is 19.1 Å². The Morgan fingerprint density at radius 2 is 1.36 bits per heavy atom. The van der Waals surface area contributed by atoms with Crippen LogP contribution in [0.5, 0.6) is 0 Å². The van der Waals surface area contributed by atoms with Gasteiger partial charge in [0.2, 0.25) is 29.5 Å². The summed E-state index contributed by atoms with van der Waals surface area (Å²) >= 11 is 0. The molecule has 0 rings (SSSR count). The van der Waals surface area contributed by atoms with E-state index >= 15 is 0 Å². The summed E-state index contributed by atoms with van der Waals surface area (Å²) in [7, 11) is 0. The molecule has 9 N–H and O–H groups in total. The number of carbonyl (C=O) groups excluding carboxylic acids is 5. The van der Waals surface area contributed by atoms with Gasteiger partial charge in [0.1, 0.15) is 18.1 Å². The van der Waals surface area contributed by atoms with Crippen LogP contribution in [0.4, 0.5) is 0 Å². The molecule has 0 aromatic rings. The van der Waals surface area contributed by atoms with Crippen molar-refractivity contribution in [3.05, 3.63) is 0 Å². The lowest BCUT2D eigenvalue weighted by atomic mass is 9.96. The Balaban J connectivity index is 4.77. The van der Waals surface area contributed by atoms with Gasteiger partial charge in [-0.15, -0.1) is 0 Å². The fourth-order valence-electron chi connectivity index (χ4n) is 3.28. The van der Waals surface area contributed by atoms with E-state index < -0.39 is 85.2 Å². The largest absolute Gasteiger partial charge is 0.481 e. The van der Waals surface area contributed by atoms with Crippen molar-refractivity contribution in [1.82, 2.24) is 26.6 Å². The maximum atomic E-state index is 12.8. The van der Waals surface area contributed by atoms with Crippen molar-refractivity contribution in [3.63, 3.8) is 0 Å². The number of nitrogens with one attached hydrogen (secondary N) is 5. The minimum absolute atomic E-state index is 0.183. The van der Waals surface area contributed by atoms with Crippen LogP contribution in [0.25, 0.3) is 0 Å². The lowest BCUT2D eigenvalue weighted by Gasteiger charge is -2.26. The van der Waals surface area contributed by atoms with Gasteiger partial charge in [0, 0.05) is 6.42 Å². The molecule has 0 spiro atoms. The molecule has 0 aliphatic rings. The van der Waals surface area contributed by atoms with Gasteiger partial charge in [-0.3, -0.25) is 28.8 Å². The third kappa shape index (κ3) is 14.7. The Morgan fingerprint density at radius 3 is 1.87 bits per heavy atom. The summed E-state index contributed by atoms with van der Waals surface area (Å²) in [6.45, 7) is 7.70. The molecule has 0 saturated heterocycles. The molecule has 15 nitrogen and oxygen atoms in total. The lowest BCUT2D eigenvalue weighted by molar-refractivity contribution is -0.143. The monoisotopic (exact) mass is 558 g/mol. The first-order chi connectivity index (χ1) is 18.1. The van der Waals surface area contributed by atoms with Crippen LogP contribution >= 0.6 is 0 Å². The second-order valence-corrected chi connectivity index (χ2v) is 9.72. The minimum Gasteiger partial charge on any atom is -0.481 e. The Labute approximate surface area is 227 Å². The van der Waals surface area contributed by atoms with E-state index in [1.807, 2.05) is 20.8 Å². The number of nitrogens with two attached hydrogens (primary N) is 1. The van der Waals surface area contributed by atoms with Gasteiger partial charge >= 0.3 is 11.9 Å². The van der Waals surface area contributed by atoms with E-state index in [0.29, 0.717) is 12.8 Å². The van der Waals surface area contributed by atoms with Crippen LogP contribution in [0.15, 0.2) is 0 Å². The van der Waals surface area contributed by atoms with Crippen LogP contribution < -0.4 is 32.3 Å². The molecule has 15 heteroatoms. The molecule has 5 atom stereocenters. The van der Waals surface area contributed by atoms with E-state index in [9.17, 15) is 33.6 Å². The van der Waals surface area contributed by atoms with E-state index in [4.69, 9.17) is 15.9 Å². The molecule has 0 heterocycles.